The highest BCUT2D eigenvalue weighted by Gasteiger charge is 2.37. The number of nitrogens with two attached hydrogens (primary N) is 1. The number of hydrogen-bond donors (Lipinski definition) is 4. The normalized spacial score (nSPS) is 24.0. The molecule has 2 aliphatic heterocycles. The molecule has 0 radical (unpaired) electrons. The molecule has 1 saturated carbocycles. The van der Waals surface area contributed by atoms with E-state index in [9.17, 15) is 0 Å². The molecule has 1 unspecified atom stereocenters. The number of ether oxygens (including phenoxy) is 1. The maximum Gasteiger partial charge on any atom is 0.199 e. The molecule has 3 aromatic rings. The first-order valence-corrected chi connectivity index (χ1v) is 11.7. The lowest BCUT2D eigenvalue weighted by molar-refractivity contribution is 0.0505. The standard InChI is InChI=1S/C24H28N8O2/c25-24(21-13-19(29-30-21)17-6-7-17)14-22(32-8-10-33-11-9-32)27-23(28-24)26-15-18-12-20(31-34-18)16-4-2-1-3-5-16/h1-5,12-14,17H,6-11,15,25H2,(H,29,30)(H2,26,27,28). The summed E-state index contributed by atoms with van der Waals surface area (Å²) in [5.74, 6) is 2.67. The summed E-state index contributed by atoms with van der Waals surface area (Å²) in [5.41, 5.74) is 9.52. The van der Waals surface area contributed by atoms with Gasteiger partial charge in [0.15, 0.2) is 17.4 Å². The average molecular weight is 461 g/mol. The van der Waals surface area contributed by atoms with Crippen LogP contribution in [0.25, 0.3) is 11.3 Å². The third kappa shape index (κ3) is 4.29. The fourth-order valence-electron chi connectivity index (χ4n) is 4.27. The molecule has 34 heavy (non-hydrogen) atoms. The largest absolute Gasteiger partial charge is 0.378 e. The van der Waals surface area contributed by atoms with Gasteiger partial charge < -0.3 is 30.5 Å². The zero-order valence-electron chi connectivity index (χ0n) is 18.8. The van der Waals surface area contributed by atoms with Gasteiger partial charge >= 0.3 is 0 Å². The Hall–Kier alpha value is -3.63. The molecular formula is C24H28N8O2. The third-order valence-electron chi connectivity index (χ3n) is 6.35. The lowest BCUT2D eigenvalue weighted by Crippen LogP contribution is -2.61. The van der Waals surface area contributed by atoms with Gasteiger partial charge in [0.1, 0.15) is 23.8 Å². The monoisotopic (exact) mass is 460 g/mol. The summed E-state index contributed by atoms with van der Waals surface area (Å²) in [6, 6.07) is 13.9. The molecule has 6 rings (SSSR count). The first kappa shape index (κ1) is 20.9. The third-order valence-corrected chi connectivity index (χ3v) is 6.35. The maximum atomic E-state index is 6.87. The van der Waals surface area contributed by atoms with Crippen LogP contribution in [0.1, 0.15) is 35.9 Å². The first-order chi connectivity index (χ1) is 16.7. The summed E-state index contributed by atoms with van der Waals surface area (Å²) in [5, 5.41) is 18.6. The van der Waals surface area contributed by atoms with E-state index < -0.39 is 5.66 Å². The molecule has 10 heteroatoms. The number of guanidine groups is 1. The van der Waals surface area contributed by atoms with Crippen molar-refractivity contribution in [2.24, 2.45) is 10.7 Å². The lowest BCUT2D eigenvalue weighted by atomic mass is 10.0. The molecule has 176 valence electrons. The fourth-order valence-corrected chi connectivity index (χ4v) is 4.27. The molecule has 3 aliphatic rings. The Morgan fingerprint density at radius 2 is 1.97 bits per heavy atom. The number of nitrogens with zero attached hydrogens (tertiary/aromatic N) is 4. The van der Waals surface area contributed by atoms with Gasteiger partial charge in [0.25, 0.3) is 0 Å². The summed E-state index contributed by atoms with van der Waals surface area (Å²) in [6.07, 6.45) is 4.36. The van der Waals surface area contributed by atoms with Gasteiger partial charge in [-0.15, -0.1) is 0 Å². The van der Waals surface area contributed by atoms with Crippen LogP contribution in [-0.4, -0.2) is 52.5 Å². The molecule has 10 nitrogen and oxygen atoms in total. The van der Waals surface area contributed by atoms with Gasteiger partial charge in [0.2, 0.25) is 0 Å². The minimum Gasteiger partial charge on any atom is -0.378 e. The Kier molecular flexibility index (Phi) is 5.31. The number of aromatic nitrogens is 3. The van der Waals surface area contributed by atoms with Gasteiger partial charge in [-0.2, -0.15) is 5.10 Å². The van der Waals surface area contributed by atoms with Crippen LogP contribution in [0.4, 0.5) is 0 Å². The van der Waals surface area contributed by atoms with Crippen molar-refractivity contribution in [1.82, 2.24) is 30.9 Å². The highest BCUT2D eigenvalue weighted by molar-refractivity contribution is 5.84. The summed E-state index contributed by atoms with van der Waals surface area (Å²) in [4.78, 5) is 6.94. The highest BCUT2D eigenvalue weighted by Crippen LogP contribution is 2.39. The fraction of sp³-hybridized carbons (Fsp3) is 0.375. The van der Waals surface area contributed by atoms with Crippen molar-refractivity contribution >= 4 is 5.96 Å². The number of morpholine rings is 1. The van der Waals surface area contributed by atoms with E-state index in [4.69, 9.17) is 20.0 Å². The molecule has 0 spiro atoms. The SMILES string of the molecule is NC1(c2cc(C3CC3)[nH]n2)C=C(N2CCOCC2)NC(=NCc2cc(-c3ccccc3)no2)N1. The molecule has 1 aliphatic carbocycles. The molecule has 2 fully saturated rings. The second kappa shape index (κ2) is 8.62. The number of nitrogens with one attached hydrogen (secondary N) is 3. The predicted molar refractivity (Wildman–Crippen MR) is 126 cm³/mol. The lowest BCUT2D eigenvalue weighted by Gasteiger charge is -2.39. The zero-order valence-corrected chi connectivity index (χ0v) is 18.8. The topological polar surface area (TPSA) is 130 Å². The van der Waals surface area contributed by atoms with Gasteiger partial charge in [-0.25, -0.2) is 4.99 Å². The van der Waals surface area contributed by atoms with Crippen LogP contribution in [-0.2, 0) is 16.9 Å². The Morgan fingerprint density at radius 3 is 2.76 bits per heavy atom. The van der Waals surface area contributed by atoms with E-state index >= 15 is 0 Å². The van der Waals surface area contributed by atoms with Crippen LogP contribution < -0.4 is 16.4 Å². The number of H-pyrrole nitrogens is 1. The number of aliphatic imine (C=N–C) groups is 1. The van der Waals surface area contributed by atoms with Gasteiger partial charge in [-0.1, -0.05) is 35.5 Å². The second-order valence-corrected chi connectivity index (χ2v) is 8.94. The Labute approximate surface area is 197 Å². The van der Waals surface area contributed by atoms with E-state index in [0.717, 1.165) is 41.6 Å². The molecule has 1 aromatic carbocycles. The number of rotatable bonds is 6. The van der Waals surface area contributed by atoms with Crippen LogP contribution in [0, 0.1) is 0 Å². The minimum absolute atomic E-state index is 0.315. The summed E-state index contributed by atoms with van der Waals surface area (Å²) in [7, 11) is 0. The molecule has 0 bridgehead atoms. The van der Waals surface area contributed by atoms with Gasteiger partial charge in [0.05, 0.1) is 13.2 Å². The summed E-state index contributed by atoms with van der Waals surface area (Å²) < 4.78 is 11.0. The molecule has 5 N–H and O–H groups in total. The van der Waals surface area contributed by atoms with Crippen molar-refractivity contribution in [3.05, 3.63) is 71.5 Å². The molecule has 2 aromatic heterocycles. The van der Waals surface area contributed by atoms with Gasteiger partial charge in [0, 0.05) is 42.4 Å². The van der Waals surface area contributed by atoms with Crippen molar-refractivity contribution in [1.29, 1.82) is 0 Å². The van der Waals surface area contributed by atoms with Crippen molar-refractivity contribution in [2.75, 3.05) is 26.3 Å². The highest BCUT2D eigenvalue weighted by atomic mass is 16.5. The number of hydrogen-bond acceptors (Lipinski definition) is 7. The predicted octanol–water partition coefficient (Wildman–Crippen LogP) is 1.98. The summed E-state index contributed by atoms with van der Waals surface area (Å²) in [6.45, 7) is 3.21. The van der Waals surface area contributed by atoms with E-state index in [-0.39, 0.29) is 0 Å². The van der Waals surface area contributed by atoms with E-state index in [1.165, 1.54) is 12.8 Å². The van der Waals surface area contributed by atoms with E-state index in [1.807, 2.05) is 42.5 Å². The smallest absolute Gasteiger partial charge is 0.199 e. The zero-order chi connectivity index (χ0) is 23.0. The van der Waals surface area contributed by atoms with Crippen molar-refractivity contribution in [3.63, 3.8) is 0 Å². The molecular weight excluding hydrogens is 432 g/mol. The molecule has 0 amide bonds. The second-order valence-electron chi connectivity index (χ2n) is 8.94. The summed E-state index contributed by atoms with van der Waals surface area (Å²) >= 11 is 0. The van der Waals surface area contributed by atoms with E-state index in [2.05, 4.69) is 37.0 Å². The van der Waals surface area contributed by atoms with Crippen molar-refractivity contribution < 1.29 is 9.26 Å². The quantitative estimate of drug-likeness (QED) is 0.439. The minimum atomic E-state index is -1.00. The van der Waals surface area contributed by atoms with Gasteiger partial charge in [-0.3, -0.25) is 5.10 Å². The molecule has 1 saturated heterocycles. The van der Waals surface area contributed by atoms with Gasteiger partial charge in [-0.05, 0) is 18.9 Å². The van der Waals surface area contributed by atoms with Crippen molar-refractivity contribution in [2.45, 2.75) is 31.0 Å². The van der Waals surface area contributed by atoms with Crippen LogP contribution in [0.5, 0.6) is 0 Å². The Balaban J connectivity index is 1.25. The molecule has 1 atom stereocenters. The maximum absolute atomic E-state index is 6.87. The number of benzene rings is 1. The Morgan fingerprint density at radius 1 is 1.15 bits per heavy atom. The Bertz CT molecular complexity index is 1210. The van der Waals surface area contributed by atoms with E-state index in [1.54, 1.807) is 0 Å². The van der Waals surface area contributed by atoms with Crippen LogP contribution in [0.3, 0.4) is 0 Å². The molecule has 4 heterocycles. The van der Waals surface area contributed by atoms with Crippen LogP contribution in [0.15, 0.2) is 63.9 Å². The van der Waals surface area contributed by atoms with Crippen LogP contribution >= 0.6 is 0 Å². The van der Waals surface area contributed by atoms with E-state index in [0.29, 0.717) is 37.4 Å². The van der Waals surface area contributed by atoms with Crippen LogP contribution in [0.2, 0.25) is 0 Å². The van der Waals surface area contributed by atoms with Crippen molar-refractivity contribution in [3.8, 4) is 11.3 Å². The number of aromatic amines is 1. The first-order valence-electron chi connectivity index (χ1n) is 11.7. The average Bonchev–Trinajstić information content (AvgIpc) is 3.40.